The number of hydrogen-bond donors (Lipinski definition) is 0. The summed E-state index contributed by atoms with van der Waals surface area (Å²) in [5, 5.41) is 0.0557. The largest absolute Gasteiger partial charge is 0.288 e. The van der Waals surface area contributed by atoms with E-state index in [1.807, 2.05) is 0 Å². The van der Waals surface area contributed by atoms with Crippen molar-refractivity contribution in [2.45, 2.75) is 0 Å². The fourth-order valence-corrected chi connectivity index (χ4v) is 1.61. The SMILES string of the molecule is O=C(c1ccncc1Cl)c1c(F)cccc1F. The molecule has 1 aromatic heterocycles. The van der Waals surface area contributed by atoms with E-state index in [1.54, 1.807) is 0 Å². The summed E-state index contributed by atoms with van der Waals surface area (Å²) in [7, 11) is 0. The number of carbonyl (C=O) groups is 1. The van der Waals surface area contributed by atoms with Gasteiger partial charge in [0, 0.05) is 18.0 Å². The van der Waals surface area contributed by atoms with Crippen molar-refractivity contribution in [2.75, 3.05) is 0 Å². The third-order valence-corrected chi connectivity index (χ3v) is 2.51. The number of aromatic nitrogens is 1. The lowest BCUT2D eigenvalue weighted by molar-refractivity contribution is 0.103. The first-order valence-electron chi connectivity index (χ1n) is 4.69. The molecule has 1 heterocycles. The van der Waals surface area contributed by atoms with Gasteiger partial charge in [0.1, 0.15) is 11.6 Å². The first-order chi connectivity index (χ1) is 8.11. The minimum absolute atomic E-state index is 0.0191. The van der Waals surface area contributed by atoms with Crippen LogP contribution in [0.2, 0.25) is 5.02 Å². The Hall–Kier alpha value is -1.81. The minimum atomic E-state index is -0.914. The zero-order valence-corrected chi connectivity index (χ0v) is 9.21. The van der Waals surface area contributed by atoms with Crippen molar-refractivity contribution in [3.05, 3.63) is 64.4 Å². The molecule has 86 valence electrons. The highest BCUT2D eigenvalue weighted by Gasteiger charge is 2.20. The van der Waals surface area contributed by atoms with Gasteiger partial charge in [0.25, 0.3) is 0 Å². The van der Waals surface area contributed by atoms with E-state index in [4.69, 9.17) is 11.6 Å². The summed E-state index contributed by atoms with van der Waals surface area (Å²) in [6, 6.07) is 4.54. The highest BCUT2D eigenvalue weighted by Crippen LogP contribution is 2.21. The Labute approximate surface area is 101 Å². The van der Waals surface area contributed by atoms with E-state index in [0.717, 1.165) is 12.1 Å². The first-order valence-corrected chi connectivity index (χ1v) is 5.07. The summed E-state index contributed by atoms with van der Waals surface area (Å²) in [5.74, 6) is -2.63. The number of halogens is 3. The first kappa shape index (κ1) is 11.7. The van der Waals surface area contributed by atoms with E-state index < -0.39 is 23.0 Å². The zero-order chi connectivity index (χ0) is 12.4. The topological polar surface area (TPSA) is 30.0 Å². The summed E-state index contributed by atoms with van der Waals surface area (Å²) in [4.78, 5) is 15.6. The summed E-state index contributed by atoms with van der Waals surface area (Å²) in [6.07, 6.45) is 2.57. The van der Waals surface area contributed by atoms with Gasteiger partial charge in [-0.15, -0.1) is 0 Å². The summed E-state index contributed by atoms with van der Waals surface area (Å²) < 4.78 is 26.8. The Morgan fingerprint density at radius 3 is 2.41 bits per heavy atom. The lowest BCUT2D eigenvalue weighted by Gasteiger charge is -2.05. The van der Waals surface area contributed by atoms with E-state index in [2.05, 4.69) is 4.98 Å². The van der Waals surface area contributed by atoms with Gasteiger partial charge in [-0.3, -0.25) is 9.78 Å². The van der Waals surface area contributed by atoms with Crippen molar-refractivity contribution in [1.29, 1.82) is 0 Å². The predicted octanol–water partition coefficient (Wildman–Crippen LogP) is 3.24. The van der Waals surface area contributed by atoms with E-state index in [0.29, 0.717) is 0 Å². The van der Waals surface area contributed by atoms with Crippen molar-refractivity contribution in [2.24, 2.45) is 0 Å². The molecule has 0 amide bonds. The standard InChI is InChI=1S/C12H6ClF2NO/c13-8-6-16-5-4-7(8)12(17)11-9(14)2-1-3-10(11)15/h1-6H. The van der Waals surface area contributed by atoms with Gasteiger partial charge in [0.2, 0.25) is 5.78 Å². The van der Waals surface area contributed by atoms with Crippen LogP contribution in [-0.2, 0) is 0 Å². The van der Waals surface area contributed by atoms with Gasteiger partial charge in [-0.2, -0.15) is 0 Å². The van der Waals surface area contributed by atoms with Crippen LogP contribution in [0.25, 0.3) is 0 Å². The second-order valence-electron chi connectivity index (χ2n) is 3.28. The molecule has 2 aromatic rings. The van der Waals surface area contributed by atoms with Gasteiger partial charge in [0.15, 0.2) is 0 Å². The average molecular weight is 254 g/mol. The van der Waals surface area contributed by atoms with Gasteiger partial charge in [-0.05, 0) is 18.2 Å². The Morgan fingerprint density at radius 1 is 1.18 bits per heavy atom. The fourth-order valence-electron chi connectivity index (χ4n) is 1.41. The van der Waals surface area contributed by atoms with E-state index in [-0.39, 0.29) is 10.6 Å². The maximum atomic E-state index is 13.4. The van der Waals surface area contributed by atoms with Crippen molar-refractivity contribution in [3.8, 4) is 0 Å². The third-order valence-electron chi connectivity index (χ3n) is 2.21. The summed E-state index contributed by atoms with van der Waals surface area (Å²) >= 11 is 5.75. The van der Waals surface area contributed by atoms with Gasteiger partial charge in [-0.25, -0.2) is 8.78 Å². The van der Waals surface area contributed by atoms with Gasteiger partial charge >= 0.3 is 0 Å². The van der Waals surface area contributed by atoms with Crippen molar-refractivity contribution in [1.82, 2.24) is 4.98 Å². The Kier molecular flexibility index (Phi) is 3.15. The quantitative estimate of drug-likeness (QED) is 0.769. The van der Waals surface area contributed by atoms with Gasteiger partial charge < -0.3 is 0 Å². The molecule has 0 radical (unpaired) electrons. The molecule has 0 aliphatic carbocycles. The third kappa shape index (κ3) is 2.17. The average Bonchev–Trinajstić information content (AvgIpc) is 2.29. The molecule has 0 aliphatic heterocycles. The molecular formula is C12H6ClF2NO. The van der Waals surface area contributed by atoms with Crippen LogP contribution >= 0.6 is 11.6 Å². The van der Waals surface area contributed by atoms with Crippen molar-refractivity contribution >= 4 is 17.4 Å². The number of hydrogen-bond acceptors (Lipinski definition) is 2. The van der Waals surface area contributed by atoms with E-state index in [9.17, 15) is 13.6 Å². The molecule has 0 saturated carbocycles. The van der Waals surface area contributed by atoms with Crippen LogP contribution in [-0.4, -0.2) is 10.8 Å². The molecule has 0 unspecified atom stereocenters. The fraction of sp³-hybridized carbons (Fsp3) is 0. The zero-order valence-electron chi connectivity index (χ0n) is 8.45. The summed E-state index contributed by atoms with van der Waals surface area (Å²) in [5.41, 5.74) is -0.591. The molecule has 0 bridgehead atoms. The smallest absolute Gasteiger partial charge is 0.200 e. The molecule has 0 spiro atoms. The number of nitrogens with zero attached hydrogens (tertiary/aromatic N) is 1. The molecule has 0 atom stereocenters. The number of carbonyl (C=O) groups excluding carboxylic acids is 1. The van der Waals surface area contributed by atoms with Crippen LogP contribution in [0.4, 0.5) is 8.78 Å². The maximum absolute atomic E-state index is 13.4. The molecule has 1 aromatic carbocycles. The lowest BCUT2D eigenvalue weighted by atomic mass is 10.0. The Morgan fingerprint density at radius 2 is 1.82 bits per heavy atom. The molecule has 17 heavy (non-hydrogen) atoms. The van der Waals surface area contributed by atoms with Gasteiger partial charge in [0.05, 0.1) is 10.6 Å². The normalized spacial score (nSPS) is 10.3. The van der Waals surface area contributed by atoms with Crippen molar-refractivity contribution < 1.29 is 13.6 Å². The second-order valence-corrected chi connectivity index (χ2v) is 3.69. The number of benzene rings is 1. The van der Waals surface area contributed by atoms with E-state index in [1.165, 1.54) is 24.5 Å². The van der Waals surface area contributed by atoms with E-state index >= 15 is 0 Å². The second kappa shape index (κ2) is 4.59. The van der Waals surface area contributed by atoms with Crippen molar-refractivity contribution in [3.63, 3.8) is 0 Å². The number of ketones is 1. The molecular weight excluding hydrogens is 248 g/mol. The molecule has 0 N–H and O–H groups in total. The van der Waals surface area contributed by atoms with Crippen LogP contribution < -0.4 is 0 Å². The molecule has 2 nitrogen and oxygen atoms in total. The maximum Gasteiger partial charge on any atom is 0.200 e. The predicted molar refractivity (Wildman–Crippen MR) is 59.0 cm³/mol. The monoisotopic (exact) mass is 253 g/mol. The van der Waals surface area contributed by atoms with Crippen LogP contribution in [0.5, 0.6) is 0 Å². The molecule has 5 heteroatoms. The molecule has 2 rings (SSSR count). The molecule has 0 aliphatic rings. The number of rotatable bonds is 2. The van der Waals surface area contributed by atoms with Gasteiger partial charge in [-0.1, -0.05) is 17.7 Å². The Bertz CT molecular complexity index is 566. The highest BCUT2D eigenvalue weighted by atomic mass is 35.5. The minimum Gasteiger partial charge on any atom is -0.288 e. The van der Waals surface area contributed by atoms with Crippen LogP contribution in [0.15, 0.2) is 36.7 Å². The van der Waals surface area contributed by atoms with Crippen LogP contribution in [0.3, 0.4) is 0 Å². The van der Waals surface area contributed by atoms with Crippen LogP contribution in [0, 0.1) is 11.6 Å². The summed E-state index contributed by atoms with van der Waals surface area (Å²) in [6.45, 7) is 0. The Balaban J connectivity index is 2.56. The lowest BCUT2D eigenvalue weighted by Crippen LogP contribution is -2.08. The molecule has 0 saturated heterocycles. The van der Waals surface area contributed by atoms with Crippen LogP contribution in [0.1, 0.15) is 15.9 Å². The number of pyridine rings is 1. The molecule has 0 fully saturated rings. The highest BCUT2D eigenvalue weighted by molar-refractivity contribution is 6.34.